The number of amides is 2. The lowest BCUT2D eigenvalue weighted by molar-refractivity contribution is -0.131. The molecule has 0 heterocycles. The van der Waals surface area contributed by atoms with E-state index >= 15 is 0 Å². The number of nitrogens with one attached hydrogen (secondary N) is 2. The van der Waals surface area contributed by atoms with Gasteiger partial charge < -0.3 is 9.47 Å². The van der Waals surface area contributed by atoms with E-state index in [1.807, 2.05) is 42.5 Å². The van der Waals surface area contributed by atoms with Gasteiger partial charge in [-0.3, -0.25) is 20.4 Å². The molecule has 168 valence electrons. The molecule has 0 aliphatic heterocycles. The highest BCUT2D eigenvalue weighted by molar-refractivity contribution is 9.10. The van der Waals surface area contributed by atoms with Crippen LogP contribution in [0.2, 0.25) is 0 Å². The maximum Gasteiger partial charge on any atom is 0.276 e. The van der Waals surface area contributed by atoms with Gasteiger partial charge >= 0.3 is 0 Å². The van der Waals surface area contributed by atoms with E-state index in [1.54, 1.807) is 0 Å². The average Bonchev–Trinajstić information content (AvgIpc) is 2.74. The molecule has 2 aromatic rings. The van der Waals surface area contributed by atoms with Gasteiger partial charge in [-0.2, -0.15) is 0 Å². The first-order valence-electron chi connectivity index (χ1n) is 10.3. The Labute approximate surface area is 192 Å². The van der Waals surface area contributed by atoms with Gasteiger partial charge in [0.25, 0.3) is 11.8 Å². The van der Waals surface area contributed by atoms with Gasteiger partial charge in [0.15, 0.2) is 13.2 Å². The average molecular weight is 491 g/mol. The van der Waals surface area contributed by atoms with Gasteiger partial charge in [-0.05, 0) is 47.6 Å². The Morgan fingerprint density at radius 1 is 0.968 bits per heavy atom. The minimum atomic E-state index is -0.462. The van der Waals surface area contributed by atoms with Crippen molar-refractivity contribution in [2.75, 3.05) is 13.2 Å². The Morgan fingerprint density at radius 3 is 2.13 bits per heavy atom. The van der Waals surface area contributed by atoms with E-state index in [4.69, 9.17) is 9.47 Å². The molecule has 31 heavy (non-hydrogen) atoms. The number of carbonyl (C=O) groups is 2. The van der Waals surface area contributed by atoms with Gasteiger partial charge in [-0.25, -0.2) is 0 Å². The molecule has 2 rings (SSSR count). The highest BCUT2D eigenvalue weighted by Crippen LogP contribution is 2.33. The maximum atomic E-state index is 12.1. The first kappa shape index (κ1) is 24.7. The molecule has 1 unspecified atom stereocenters. The number of hydrazine groups is 1. The minimum Gasteiger partial charge on any atom is -0.483 e. The normalized spacial score (nSPS) is 12.1. The second kappa shape index (κ2) is 11.2. The fourth-order valence-electron chi connectivity index (χ4n) is 2.95. The van der Waals surface area contributed by atoms with Crippen LogP contribution in [-0.4, -0.2) is 25.0 Å². The van der Waals surface area contributed by atoms with E-state index in [2.05, 4.69) is 61.4 Å². The quantitative estimate of drug-likeness (QED) is 0.517. The van der Waals surface area contributed by atoms with Crippen molar-refractivity contribution in [3.05, 3.63) is 58.1 Å². The Hall–Kier alpha value is -2.54. The molecule has 2 N–H and O–H groups in total. The third-order valence-corrected chi connectivity index (χ3v) is 5.36. The van der Waals surface area contributed by atoms with Crippen molar-refractivity contribution in [2.24, 2.45) is 0 Å². The predicted octanol–water partition coefficient (Wildman–Crippen LogP) is 4.87. The number of ether oxygens (including phenoxy) is 2. The SMILES string of the molecule is CCC(C)c1ccccc1OCC(=O)NNC(=O)COc1ccc(Br)cc1C(C)(C)C. The van der Waals surface area contributed by atoms with E-state index in [1.165, 1.54) is 0 Å². The number of hydrogen-bond acceptors (Lipinski definition) is 4. The van der Waals surface area contributed by atoms with E-state index in [0.717, 1.165) is 22.0 Å². The summed E-state index contributed by atoms with van der Waals surface area (Å²) in [6.45, 7) is 10.0. The van der Waals surface area contributed by atoms with Crippen molar-refractivity contribution in [3.8, 4) is 11.5 Å². The number of hydrogen-bond donors (Lipinski definition) is 2. The zero-order valence-corrected chi connectivity index (χ0v) is 20.3. The number of benzene rings is 2. The third kappa shape index (κ3) is 7.58. The molecule has 0 aliphatic rings. The fraction of sp³-hybridized carbons (Fsp3) is 0.417. The smallest absolute Gasteiger partial charge is 0.276 e. The first-order chi connectivity index (χ1) is 14.6. The highest BCUT2D eigenvalue weighted by Gasteiger charge is 2.20. The van der Waals surface area contributed by atoms with E-state index in [0.29, 0.717) is 17.4 Å². The Kier molecular flexibility index (Phi) is 8.92. The van der Waals surface area contributed by atoms with Crippen LogP contribution in [0.3, 0.4) is 0 Å². The summed E-state index contributed by atoms with van der Waals surface area (Å²) in [5, 5.41) is 0. The van der Waals surface area contributed by atoms with Crippen LogP contribution in [0, 0.1) is 0 Å². The lowest BCUT2D eigenvalue weighted by Crippen LogP contribution is -2.45. The summed E-state index contributed by atoms with van der Waals surface area (Å²) in [5.41, 5.74) is 6.60. The largest absolute Gasteiger partial charge is 0.483 e. The maximum absolute atomic E-state index is 12.1. The molecular weight excluding hydrogens is 460 g/mol. The molecular formula is C24H31BrN2O4. The summed E-state index contributed by atoms with van der Waals surface area (Å²) in [7, 11) is 0. The first-order valence-corrected chi connectivity index (χ1v) is 11.1. The highest BCUT2D eigenvalue weighted by atomic mass is 79.9. The lowest BCUT2D eigenvalue weighted by atomic mass is 9.86. The Morgan fingerprint density at radius 2 is 1.55 bits per heavy atom. The van der Waals surface area contributed by atoms with Crippen molar-refractivity contribution < 1.29 is 19.1 Å². The van der Waals surface area contributed by atoms with Gasteiger partial charge in [0.2, 0.25) is 0 Å². The zero-order valence-electron chi connectivity index (χ0n) is 18.8. The summed E-state index contributed by atoms with van der Waals surface area (Å²) in [6.07, 6.45) is 0.970. The molecule has 1 atom stereocenters. The van der Waals surface area contributed by atoms with Gasteiger partial charge in [0.05, 0.1) is 0 Å². The van der Waals surface area contributed by atoms with Crippen LogP contribution in [0.5, 0.6) is 11.5 Å². The molecule has 0 radical (unpaired) electrons. The van der Waals surface area contributed by atoms with Gasteiger partial charge in [-0.15, -0.1) is 0 Å². The minimum absolute atomic E-state index is 0.146. The predicted molar refractivity (Wildman–Crippen MR) is 125 cm³/mol. The second-order valence-corrected chi connectivity index (χ2v) is 9.33. The Balaban J connectivity index is 1.83. The van der Waals surface area contributed by atoms with Crippen LogP contribution < -0.4 is 20.3 Å². The zero-order chi connectivity index (χ0) is 23.0. The molecule has 0 bridgehead atoms. The standard InChI is InChI=1S/C24H31BrN2O4/c1-6-16(2)18-9-7-8-10-20(18)30-14-22(28)26-27-23(29)15-31-21-12-11-17(25)13-19(21)24(3,4)5/h7-13,16H,6,14-15H2,1-5H3,(H,26,28)(H,27,29). The van der Waals surface area contributed by atoms with Crippen molar-refractivity contribution in [2.45, 2.75) is 52.4 Å². The summed E-state index contributed by atoms with van der Waals surface area (Å²) in [5.74, 6) is 0.712. The topological polar surface area (TPSA) is 76.7 Å². The summed E-state index contributed by atoms with van der Waals surface area (Å²) in [6, 6.07) is 13.3. The number of halogens is 1. The van der Waals surface area contributed by atoms with Gasteiger partial charge in [-0.1, -0.05) is 68.7 Å². The molecule has 2 aromatic carbocycles. The van der Waals surface area contributed by atoms with Crippen LogP contribution in [0.1, 0.15) is 58.1 Å². The molecule has 0 aromatic heterocycles. The molecule has 0 saturated heterocycles. The molecule has 0 saturated carbocycles. The van der Waals surface area contributed by atoms with Crippen LogP contribution in [0.15, 0.2) is 46.9 Å². The van der Waals surface area contributed by atoms with Gasteiger partial charge in [0, 0.05) is 10.0 Å². The molecule has 0 aliphatic carbocycles. The van der Waals surface area contributed by atoms with Crippen LogP contribution in [-0.2, 0) is 15.0 Å². The summed E-state index contributed by atoms with van der Waals surface area (Å²) < 4.78 is 12.3. The summed E-state index contributed by atoms with van der Waals surface area (Å²) in [4.78, 5) is 24.2. The molecule has 7 heteroatoms. The van der Waals surface area contributed by atoms with E-state index in [9.17, 15) is 9.59 Å². The van der Waals surface area contributed by atoms with Crippen molar-refractivity contribution in [3.63, 3.8) is 0 Å². The molecule has 0 fully saturated rings. The molecule has 6 nitrogen and oxygen atoms in total. The van der Waals surface area contributed by atoms with E-state index < -0.39 is 11.8 Å². The molecule has 0 spiro atoms. The second-order valence-electron chi connectivity index (χ2n) is 8.41. The third-order valence-electron chi connectivity index (χ3n) is 4.87. The molecule has 2 amide bonds. The van der Waals surface area contributed by atoms with E-state index in [-0.39, 0.29) is 18.6 Å². The van der Waals surface area contributed by atoms with Gasteiger partial charge in [0.1, 0.15) is 11.5 Å². The number of carbonyl (C=O) groups excluding carboxylic acids is 2. The van der Waals surface area contributed by atoms with Crippen molar-refractivity contribution in [1.29, 1.82) is 0 Å². The summed E-state index contributed by atoms with van der Waals surface area (Å²) >= 11 is 3.46. The Bertz CT molecular complexity index is 909. The van der Waals surface area contributed by atoms with Crippen molar-refractivity contribution >= 4 is 27.7 Å². The number of rotatable bonds is 8. The fourth-order valence-corrected chi connectivity index (χ4v) is 3.31. The van der Waals surface area contributed by atoms with Crippen LogP contribution in [0.25, 0.3) is 0 Å². The lowest BCUT2D eigenvalue weighted by Gasteiger charge is -2.23. The monoisotopic (exact) mass is 490 g/mol. The van der Waals surface area contributed by atoms with Crippen LogP contribution >= 0.6 is 15.9 Å². The van der Waals surface area contributed by atoms with Crippen molar-refractivity contribution in [1.82, 2.24) is 10.9 Å². The number of para-hydroxylation sites is 1. The van der Waals surface area contributed by atoms with Crippen LogP contribution in [0.4, 0.5) is 0 Å².